The van der Waals surface area contributed by atoms with Gasteiger partial charge in [0.05, 0.1) is 11.2 Å². The smallest absolute Gasteiger partial charge is 0.249 e. The number of carbonyl (C=O) groups is 2. The van der Waals surface area contributed by atoms with E-state index in [2.05, 4.69) is 0 Å². The maximum Gasteiger partial charge on any atom is 0.249 e. The molecule has 0 radical (unpaired) electrons. The highest BCUT2D eigenvalue weighted by Gasteiger charge is 2.34. The predicted molar refractivity (Wildman–Crippen MR) is 64.5 cm³/mol. The minimum atomic E-state index is -1.08. The van der Waals surface area contributed by atoms with Gasteiger partial charge in [0, 0.05) is 0 Å². The number of nitrogens with two attached hydrogens (primary N) is 1. The van der Waals surface area contributed by atoms with Crippen molar-refractivity contribution in [3.8, 4) is 0 Å². The number of hydrogen-bond acceptors (Lipinski definition) is 4. The molecule has 5 nitrogen and oxygen atoms in total. The third-order valence-electron chi connectivity index (χ3n) is 1.68. The Bertz CT molecular complexity index is 275. The molecule has 17 heavy (non-hydrogen) atoms. The van der Waals surface area contributed by atoms with E-state index in [1.807, 2.05) is 0 Å². The van der Waals surface area contributed by atoms with Crippen molar-refractivity contribution in [1.82, 2.24) is 0 Å². The van der Waals surface area contributed by atoms with E-state index in [-0.39, 0.29) is 0 Å². The van der Waals surface area contributed by atoms with Crippen molar-refractivity contribution >= 4 is 12.2 Å². The molecule has 0 aromatic carbocycles. The van der Waals surface area contributed by atoms with Crippen LogP contribution < -0.4 is 5.73 Å². The van der Waals surface area contributed by atoms with Crippen molar-refractivity contribution in [2.45, 2.75) is 65.0 Å². The van der Waals surface area contributed by atoms with Gasteiger partial charge in [0.15, 0.2) is 12.4 Å². The van der Waals surface area contributed by atoms with Gasteiger partial charge in [-0.3, -0.25) is 4.79 Å². The Balaban J connectivity index is 4.89. The molecule has 0 aromatic heterocycles. The molecule has 0 heterocycles. The maximum absolute atomic E-state index is 11.3. The summed E-state index contributed by atoms with van der Waals surface area (Å²) >= 11 is 0. The second-order valence-electron chi connectivity index (χ2n) is 5.88. The molecule has 0 rings (SSSR count). The summed E-state index contributed by atoms with van der Waals surface area (Å²) in [6.07, 6.45) is -1.52. The van der Waals surface area contributed by atoms with Gasteiger partial charge < -0.3 is 20.0 Å². The molecule has 0 aliphatic carbocycles. The molecule has 0 fully saturated rings. The van der Waals surface area contributed by atoms with E-state index in [4.69, 9.17) is 15.2 Å². The van der Waals surface area contributed by atoms with Crippen LogP contribution in [0.1, 0.15) is 41.5 Å². The van der Waals surface area contributed by atoms with Gasteiger partial charge in [-0.1, -0.05) is 0 Å². The van der Waals surface area contributed by atoms with Gasteiger partial charge in [-0.05, 0) is 41.5 Å². The second-order valence-corrected chi connectivity index (χ2v) is 5.88. The molecule has 0 bridgehead atoms. The topological polar surface area (TPSA) is 78.6 Å². The first kappa shape index (κ1) is 16.1. The minimum Gasteiger partial charge on any atom is -0.367 e. The second kappa shape index (κ2) is 5.60. The average Bonchev–Trinajstić information content (AvgIpc) is 2.07. The fraction of sp³-hybridized carbons (Fsp3) is 0.833. The lowest BCUT2D eigenvalue weighted by Crippen LogP contribution is -2.49. The first-order valence-electron chi connectivity index (χ1n) is 5.56. The lowest BCUT2D eigenvalue weighted by Gasteiger charge is -2.32. The largest absolute Gasteiger partial charge is 0.367 e. The van der Waals surface area contributed by atoms with E-state index in [0.717, 1.165) is 0 Å². The monoisotopic (exact) mass is 245 g/mol. The SMILES string of the molecule is CC(C)(C)OC(C=O)C(OC(C)(C)C)C(N)=O. The van der Waals surface area contributed by atoms with Crippen LogP contribution in [0.4, 0.5) is 0 Å². The summed E-state index contributed by atoms with van der Waals surface area (Å²) in [5.41, 5.74) is 4.10. The Labute approximate surface area is 103 Å². The van der Waals surface area contributed by atoms with Crippen LogP contribution >= 0.6 is 0 Å². The molecule has 0 spiro atoms. The van der Waals surface area contributed by atoms with Crippen LogP contribution in [-0.2, 0) is 19.1 Å². The van der Waals surface area contributed by atoms with Crippen molar-refractivity contribution in [3.05, 3.63) is 0 Å². The van der Waals surface area contributed by atoms with Crippen molar-refractivity contribution in [2.24, 2.45) is 5.73 Å². The van der Waals surface area contributed by atoms with Gasteiger partial charge in [0.25, 0.3) is 0 Å². The normalized spacial score (nSPS) is 16.4. The highest BCUT2D eigenvalue weighted by atomic mass is 16.6. The molecule has 0 aliphatic heterocycles. The molecule has 2 N–H and O–H groups in total. The fourth-order valence-electron chi connectivity index (χ4n) is 1.24. The van der Waals surface area contributed by atoms with Gasteiger partial charge in [0.1, 0.15) is 6.10 Å². The summed E-state index contributed by atoms with van der Waals surface area (Å²) in [7, 11) is 0. The Morgan fingerprint density at radius 3 is 1.71 bits per heavy atom. The van der Waals surface area contributed by atoms with Crippen molar-refractivity contribution in [2.75, 3.05) is 0 Å². The first-order chi connectivity index (χ1) is 7.46. The number of ether oxygens (including phenoxy) is 2. The molecule has 0 saturated heterocycles. The number of rotatable bonds is 5. The summed E-state index contributed by atoms with van der Waals surface area (Å²) in [5, 5.41) is 0. The summed E-state index contributed by atoms with van der Waals surface area (Å²) in [6.45, 7) is 10.7. The number of amides is 1. The number of primary amides is 1. The van der Waals surface area contributed by atoms with Gasteiger partial charge in [-0.15, -0.1) is 0 Å². The summed E-state index contributed by atoms with van der Waals surface area (Å²) in [6, 6.07) is 0. The lowest BCUT2D eigenvalue weighted by atomic mass is 10.1. The third kappa shape index (κ3) is 7.07. The fourth-order valence-corrected chi connectivity index (χ4v) is 1.24. The highest BCUT2D eigenvalue weighted by molar-refractivity contribution is 5.83. The zero-order valence-electron chi connectivity index (χ0n) is 11.4. The zero-order chi connectivity index (χ0) is 13.9. The Morgan fingerprint density at radius 1 is 1.06 bits per heavy atom. The molecule has 0 aliphatic rings. The molecular weight excluding hydrogens is 222 g/mol. The van der Waals surface area contributed by atoms with Gasteiger partial charge in [0.2, 0.25) is 5.91 Å². The Morgan fingerprint density at radius 2 is 1.47 bits per heavy atom. The van der Waals surface area contributed by atoms with E-state index >= 15 is 0 Å². The van der Waals surface area contributed by atoms with Crippen LogP contribution in [0.25, 0.3) is 0 Å². The lowest BCUT2D eigenvalue weighted by molar-refractivity contribution is -0.175. The zero-order valence-corrected chi connectivity index (χ0v) is 11.4. The molecule has 1 amide bonds. The number of hydrogen-bond donors (Lipinski definition) is 1. The van der Waals surface area contributed by atoms with Gasteiger partial charge in [-0.2, -0.15) is 0 Å². The van der Waals surface area contributed by atoms with E-state index in [1.54, 1.807) is 41.5 Å². The van der Waals surface area contributed by atoms with E-state index in [0.29, 0.717) is 6.29 Å². The number of carbonyl (C=O) groups excluding carboxylic acids is 2. The molecule has 2 unspecified atom stereocenters. The van der Waals surface area contributed by atoms with E-state index < -0.39 is 29.3 Å². The number of aldehydes is 1. The Hall–Kier alpha value is -0.940. The maximum atomic E-state index is 11.3. The average molecular weight is 245 g/mol. The van der Waals surface area contributed by atoms with Gasteiger partial charge >= 0.3 is 0 Å². The Kier molecular flexibility index (Phi) is 5.29. The summed E-state index contributed by atoms with van der Waals surface area (Å²) in [5.74, 6) is -0.707. The highest BCUT2D eigenvalue weighted by Crippen LogP contribution is 2.18. The third-order valence-corrected chi connectivity index (χ3v) is 1.68. The van der Waals surface area contributed by atoms with Crippen LogP contribution in [0.2, 0.25) is 0 Å². The van der Waals surface area contributed by atoms with Crippen LogP contribution in [-0.4, -0.2) is 35.6 Å². The first-order valence-corrected chi connectivity index (χ1v) is 5.56. The van der Waals surface area contributed by atoms with E-state index in [1.165, 1.54) is 0 Å². The van der Waals surface area contributed by atoms with Crippen LogP contribution in [0.5, 0.6) is 0 Å². The van der Waals surface area contributed by atoms with Crippen LogP contribution in [0.3, 0.4) is 0 Å². The van der Waals surface area contributed by atoms with Crippen molar-refractivity contribution in [3.63, 3.8) is 0 Å². The molecule has 100 valence electrons. The molecule has 0 saturated carbocycles. The van der Waals surface area contributed by atoms with Crippen LogP contribution in [0, 0.1) is 0 Å². The molecular formula is C12H23NO4. The van der Waals surface area contributed by atoms with Crippen molar-refractivity contribution < 1.29 is 19.1 Å². The molecule has 5 heteroatoms. The van der Waals surface area contributed by atoms with Crippen LogP contribution in [0.15, 0.2) is 0 Å². The van der Waals surface area contributed by atoms with Gasteiger partial charge in [-0.25, -0.2) is 0 Å². The van der Waals surface area contributed by atoms with Crippen molar-refractivity contribution in [1.29, 1.82) is 0 Å². The summed E-state index contributed by atoms with van der Waals surface area (Å²) < 4.78 is 10.9. The predicted octanol–water partition coefficient (Wildman–Crippen LogP) is 1.04. The standard InChI is InChI=1S/C12H23NO4/c1-11(2,3)16-8(7-14)9(10(13)15)17-12(4,5)6/h7-9H,1-6H3,(H2,13,15). The van der Waals surface area contributed by atoms with E-state index in [9.17, 15) is 9.59 Å². The molecule has 0 aromatic rings. The quantitative estimate of drug-likeness (QED) is 0.734. The molecule has 2 atom stereocenters. The summed E-state index contributed by atoms with van der Waals surface area (Å²) in [4.78, 5) is 22.3. The minimum absolute atomic E-state index is 0.548.